The second-order valence-electron chi connectivity index (χ2n) is 9.77. The lowest BCUT2D eigenvalue weighted by Crippen LogP contribution is -2.04. The Morgan fingerprint density at radius 3 is 1.29 bits per heavy atom. The molecule has 4 nitrogen and oxygen atoms in total. The highest BCUT2D eigenvalue weighted by atomic mass is 19.2. The van der Waals surface area contributed by atoms with Crippen molar-refractivity contribution in [2.75, 3.05) is 0 Å². The highest BCUT2D eigenvalue weighted by Gasteiger charge is 2.27. The summed E-state index contributed by atoms with van der Waals surface area (Å²) >= 11 is 0. The molecular formula is C34H8F10N4. The van der Waals surface area contributed by atoms with Crippen LogP contribution in [0.15, 0.2) is 36.4 Å². The van der Waals surface area contributed by atoms with Crippen molar-refractivity contribution in [3.05, 3.63) is 139 Å². The number of hydrogen-bond donors (Lipinski definition) is 0. The Balaban J connectivity index is 1.74. The van der Waals surface area contributed by atoms with Crippen LogP contribution in [0.25, 0.3) is 49.8 Å². The summed E-state index contributed by atoms with van der Waals surface area (Å²) in [6.45, 7) is 7.47. The van der Waals surface area contributed by atoms with Gasteiger partial charge in [-0.2, -0.15) is 15.8 Å². The topological polar surface area (TPSA) is 75.7 Å². The van der Waals surface area contributed by atoms with E-state index >= 15 is 0 Å². The van der Waals surface area contributed by atoms with Crippen LogP contribution in [0.3, 0.4) is 0 Å². The van der Waals surface area contributed by atoms with Gasteiger partial charge in [0, 0.05) is 27.1 Å². The molecule has 234 valence electrons. The fraction of sp³-hybridized carbons (Fsp3) is 0. The average Bonchev–Trinajstić information content (AvgIpc) is 3.10. The minimum atomic E-state index is -2.40. The van der Waals surface area contributed by atoms with E-state index in [1.165, 1.54) is 24.3 Å². The first kappa shape index (κ1) is 32.7. The predicted octanol–water partition coefficient (Wildman–Crippen LogP) is 9.61. The summed E-state index contributed by atoms with van der Waals surface area (Å²) in [7, 11) is 0. The number of rotatable bonds is 4. The first-order valence-corrected chi connectivity index (χ1v) is 12.9. The Labute approximate surface area is 262 Å². The Bertz CT molecular complexity index is 2280. The summed E-state index contributed by atoms with van der Waals surface area (Å²) in [6, 6.07) is 12.5. The molecule has 14 heteroatoms. The maximum Gasteiger partial charge on any atom is 0.200 e. The quantitative estimate of drug-likeness (QED) is 0.0366. The third kappa shape index (κ3) is 5.02. The van der Waals surface area contributed by atoms with E-state index in [2.05, 4.69) is 4.85 Å². The van der Waals surface area contributed by atoms with Gasteiger partial charge in [0.05, 0.1) is 34.9 Å². The Hall–Kier alpha value is -6.64. The number of halogens is 10. The number of nitriles is 3. The molecule has 0 aliphatic carbocycles. The van der Waals surface area contributed by atoms with Crippen molar-refractivity contribution in [1.29, 1.82) is 15.8 Å². The molecule has 0 amide bonds. The van der Waals surface area contributed by atoms with Crippen LogP contribution in [-0.2, 0) is 0 Å². The van der Waals surface area contributed by atoms with Crippen LogP contribution >= 0.6 is 0 Å². The van der Waals surface area contributed by atoms with Gasteiger partial charge in [-0.05, 0) is 29.3 Å². The molecule has 0 aromatic heterocycles. The van der Waals surface area contributed by atoms with Gasteiger partial charge in [-0.3, -0.25) is 0 Å². The second-order valence-corrected chi connectivity index (χ2v) is 9.77. The normalized spacial score (nSPS) is 11.7. The van der Waals surface area contributed by atoms with E-state index in [9.17, 15) is 59.7 Å². The molecule has 5 rings (SSSR count). The summed E-state index contributed by atoms with van der Waals surface area (Å²) in [5.41, 5.74) is -4.56. The molecule has 48 heavy (non-hydrogen) atoms. The van der Waals surface area contributed by atoms with Gasteiger partial charge in [0.1, 0.15) is 12.1 Å². The summed E-state index contributed by atoms with van der Waals surface area (Å²) in [5, 5.41) is 30.0. The number of nitrogens with zero attached hydrogens (tertiary/aromatic N) is 4. The molecule has 5 aromatic rings. The highest BCUT2D eigenvalue weighted by Crippen LogP contribution is 2.37. The second kappa shape index (κ2) is 12.3. The maximum atomic E-state index is 14.3. The van der Waals surface area contributed by atoms with Gasteiger partial charge < -0.3 is 0 Å². The molecule has 0 heterocycles. The van der Waals surface area contributed by atoms with Crippen molar-refractivity contribution in [2.24, 2.45) is 0 Å². The molecule has 0 saturated carbocycles. The Morgan fingerprint density at radius 1 is 0.521 bits per heavy atom. The van der Waals surface area contributed by atoms with Gasteiger partial charge in [0.15, 0.2) is 52.2 Å². The monoisotopic (exact) mass is 662 g/mol. The zero-order valence-electron chi connectivity index (χ0n) is 23.2. The molecule has 0 atom stereocenters. The van der Waals surface area contributed by atoms with Crippen molar-refractivity contribution in [2.45, 2.75) is 0 Å². The van der Waals surface area contributed by atoms with Crippen LogP contribution in [0.5, 0.6) is 0 Å². The molecule has 0 aliphatic rings. The van der Waals surface area contributed by atoms with E-state index in [-0.39, 0.29) is 43.8 Å². The largest absolute Gasteiger partial charge is 0.238 e. The zero-order valence-corrected chi connectivity index (χ0v) is 23.2. The minimum Gasteiger partial charge on any atom is -0.238 e. The molecule has 0 unspecified atom stereocenters. The number of benzene rings is 5. The van der Waals surface area contributed by atoms with Crippen molar-refractivity contribution in [1.82, 2.24) is 0 Å². The molecule has 0 bridgehead atoms. The SMILES string of the molecule is [C-]#[N+]/C(=C\c1c(F)c(F)c(F)c(F)c1F)c1ccc2c(C#N)c3cc(/C(C#N)=C/c4c(F)c(F)c(F)c(F)c4F)ccc3c(C#N)c2c1. The van der Waals surface area contributed by atoms with Crippen molar-refractivity contribution >= 4 is 45.0 Å². The van der Waals surface area contributed by atoms with Crippen molar-refractivity contribution in [3.63, 3.8) is 0 Å². The molecule has 0 fully saturated rings. The molecular weight excluding hydrogens is 654 g/mol. The fourth-order valence-corrected chi connectivity index (χ4v) is 4.93. The van der Waals surface area contributed by atoms with E-state index in [1.54, 1.807) is 6.07 Å². The standard InChI is InChI=1S/C34H8F10N4/c1-48-24(9-21-27(37)31(41)34(44)32(42)28(21)38)14-3-5-17-19(7-14)23(12-47)16-4-2-13(6-18(16)22(17)11-46)15(10-45)8-20-25(35)29(39)33(43)30(40)26(20)36/h2-9H/b15-8+,24-9-. The molecule has 0 N–H and O–H groups in total. The van der Waals surface area contributed by atoms with Crippen LogP contribution in [0.2, 0.25) is 0 Å². The summed E-state index contributed by atoms with van der Waals surface area (Å²) in [5.74, 6) is -22.5. The summed E-state index contributed by atoms with van der Waals surface area (Å²) in [4.78, 5) is 3.12. The van der Waals surface area contributed by atoms with Crippen LogP contribution in [0.1, 0.15) is 33.4 Å². The van der Waals surface area contributed by atoms with E-state index < -0.39 is 80.6 Å². The smallest absolute Gasteiger partial charge is 0.200 e. The molecule has 0 aliphatic heterocycles. The van der Waals surface area contributed by atoms with Gasteiger partial charge >= 0.3 is 0 Å². The molecule has 0 spiro atoms. The first-order chi connectivity index (χ1) is 22.8. The van der Waals surface area contributed by atoms with Crippen LogP contribution in [0, 0.1) is 98.7 Å². The highest BCUT2D eigenvalue weighted by molar-refractivity contribution is 6.11. The Morgan fingerprint density at radius 2 is 0.896 bits per heavy atom. The third-order valence-corrected chi connectivity index (χ3v) is 7.25. The van der Waals surface area contributed by atoms with Crippen molar-refractivity contribution in [3.8, 4) is 18.2 Å². The van der Waals surface area contributed by atoms with E-state index in [1.807, 2.05) is 12.1 Å². The minimum absolute atomic E-state index is 0.00714. The van der Waals surface area contributed by atoms with E-state index in [0.717, 1.165) is 12.1 Å². The molecule has 5 aromatic carbocycles. The number of allylic oxidation sites excluding steroid dienone is 1. The molecule has 0 saturated heterocycles. The van der Waals surface area contributed by atoms with E-state index in [0.29, 0.717) is 12.2 Å². The van der Waals surface area contributed by atoms with Gasteiger partial charge in [-0.15, -0.1) is 0 Å². The Kier molecular flexibility index (Phi) is 8.38. The van der Waals surface area contributed by atoms with Gasteiger partial charge in [-0.25, -0.2) is 48.7 Å². The zero-order chi connectivity index (χ0) is 35.2. The van der Waals surface area contributed by atoms with E-state index in [4.69, 9.17) is 6.57 Å². The van der Waals surface area contributed by atoms with Gasteiger partial charge in [0.25, 0.3) is 0 Å². The summed E-state index contributed by atoms with van der Waals surface area (Å²) < 4.78 is 139. The van der Waals surface area contributed by atoms with Gasteiger partial charge in [0.2, 0.25) is 11.6 Å². The summed E-state index contributed by atoms with van der Waals surface area (Å²) in [6.07, 6.45) is 0.847. The predicted molar refractivity (Wildman–Crippen MR) is 151 cm³/mol. The molecule has 0 radical (unpaired) electrons. The lowest BCUT2D eigenvalue weighted by molar-refractivity contribution is 0.377. The first-order valence-electron chi connectivity index (χ1n) is 12.9. The van der Waals surface area contributed by atoms with Crippen LogP contribution in [-0.4, -0.2) is 0 Å². The third-order valence-electron chi connectivity index (χ3n) is 7.25. The van der Waals surface area contributed by atoms with Crippen LogP contribution < -0.4 is 0 Å². The van der Waals surface area contributed by atoms with Gasteiger partial charge in [-0.1, -0.05) is 30.3 Å². The van der Waals surface area contributed by atoms with Crippen molar-refractivity contribution < 1.29 is 43.9 Å². The maximum absolute atomic E-state index is 14.3. The average molecular weight is 662 g/mol. The number of hydrogen-bond acceptors (Lipinski definition) is 3. The number of fused-ring (bicyclic) bond motifs is 2. The lowest BCUT2D eigenvalue weighted by Gasteiger charge is -2.12. The lowest BCUT2D eigenvalue weighted by atomic mass is 9.89. The van der Waals surface area contributed by atoms with Crippen LogP contribution in [0.4, 0.5) is 43.9 Å². The fourth-order valence-electron chi connectivity index (χ4n) is 4.93.